The summed E-state index contributed by atoms with van der Waals surface area (Å²) >= 11 is 6.08. The van der Waals surface area contributed by atoms with E-state index in [0.29, 0.717) is 61.8 Å². The lowest BCUT2D eigenvalue weighted by Gasteiger charge is -2.35. The van der Waals surface area contributed by atoms with E-state index in [-0.39, 0.29) is 11.8 Å². The summed E-state index contributed by atoms with van der Waals surface area (Å²) in [6, 6.07) is 5.32. The van der Waals surface area contributed by atoms with E-state index >= 15 is 0 Å². The van der Waals surface area contributed by atoms with Crippen molar-refractivity contribution in [2.75, 3.05) is 26.4 Å². The molecule has 2 aliphatic heterocycles. The van der Waals surface area contributed by atoms with Gasteiger partial charge in [-0.1, -0.05) is 16.8 Å². The third-order valence-electron chi connectivity index (χ3n) is 5.96. The molecule has 1 atom stereocenters. The Kier molecular flexibility index (Phi) is 6.79. The van der Waals surface area contributed by atoms with Gasteiger partial charge in [-0.25, -0.2) is 0 Å². The Hall–Kier alpha value is -2.16. The lowest BCUT2D eigenvalue weighted by atomic mass is 9.89. The second-order valence-corrected chi connectivity index (χ2v) is 8.61. The van der Waals surface area contributed by atoms with Gasteiger partial charge in [-0.15, -0.1) is 0 Å². The standard InChI is InChI=1S/C22H28ClN3O5/c1-14-13-17(3-4-18(14)23)30-15(2)20(27)25-22(7-11-29-12-8-22)21-24-19(26-31-21)16-5-9-28-10-6-16/h3-4,13,15-16H,5-12H2,1-2H3,(H,25,27). The summed E-state index contributed by atoms with van der Waals surface area (Å²) in [7, 11) is 0. The molecule has 0 saturated carbocycles. The predicted octanol–water partition coefficient (Wildman–Crippen LogP) is 3.51. The number of hydrogen-bond acceptors (Lipinski definition) is 7. The highest BCUT2D eigenvalue weighted by Gasteiger charge is 2.42. The smallest absolute Gasteiger partial charge is 0.261 e. The Morgan fingerprint density at radius 2 is 1.94 bits per heavy atom. The van der Waals surface area contributed by atoms with E-state index in [9.17, 15) is 4.79 Å². The van der Waals surface area contributed by atoms with Crippen LogP contribution in [0.15, 0.2) is 22.7 Å². The number of amides is 1. The van der Waals surface area contributed by atoms with Crippen molar-refractivity contribution in [3.8, 4) is 5.75 Å². The fourth-order valence-corrected chi connectivity index (χ4v) is 4.07. The van der Waals surface area contributed by atoms with Crippen molar-refractivity contribution in [1.29, 1.82) is 0 Å². The van der Waals surface area contributed by atoms with Crippen LogP contribution in [-0.4, -0.2) is 48.6 Å². The predicted molar refractivity (Wildman–Crippen MR) is 113 cm³/mol. The second kappa shape index (κ2) is 9.54. The van der Waals surface area contributed by atoms with Crippen LogP contribution in [0.2, 0.25) is 5.02 Å². The highest BCUT2D eigenvalue weighted by atomic mass is 35.5. The lowest BCUT2D eigenvalue weighted by molar-refractivity contribution is -0.131. The first-order chi connectivity index (χ1) is 15.0. The molecule has 8 nitrogen and oxygen atoms in total. The summed E-state index contributed by atoms with van der Waals surface area (Å²) in [4.78, 5) is 17.7. The molecule has 9 heteroatoms. The van der Waals surface area contributed by atoms with Crippen molar-refractivity contribution < 1.29 is 23.5 Å². The van der Waals surface area contributed by atoms with E-state index in [0.717, 1.165) is 18.4 Å². The number of aromatic nitrogens is 2. The molecule has 1 aromatic heterocycles. The SMILES string of the molecule is Cc1cc(OC(C)C(=O)NC2(c3nc(C4CCOCC4)no3)CCOCC2)ccc1Cl. The minimum Gasteiger partial charge on any atom is -0.481 e. The summed E-state index contributed by atoms with van der Waals surface area (Å²) in [5, 5.41) is 8.00. The minimum absolute atomic E-state index is 0.217. The van der Waals surface area contributed by atoms with Crippen LogP contribution in [0.4, 0.5) is 0 Å². The largest absolute Gasteiger partial charge is 0.481 e. The summed E-state index contributed by atoms with van der Waals surface area (Å²) in [5.41, 5.74) is 0.124. The van der Waals surface area contributed by atoms with E-state index < -0.39 is 11.6 Å². The fraction of sp³-hybridized carbons (Fsp3) is 0.591. The van der Waals surface area contributed by atoms with Crippen LogP contribution < -0.4 is 10.1 Å². The Labute approximate surface area is 186 Å². The van der Waals surface area contributed by atoms with Gasteiger partial charge in [0.25, 0.3) is 11.8 Å². The average molecular weight is 450 g/mol. The number of aryl methyl sites for hydroxylation is 1. The molecule has 31 heavy (non-hydrogen) atoms. The first kappa shape index (κ1) is 22.0. The van der Waals surface area contributed by atoms with Crippen LogP contribution in [0.3, 0.4) is 0 Å². The molecule has 0 aliphatic carbocycles. The van der Waals surface area contributed by atoms with Crippen molar-refractivity contribution in [1.82, 2.24) is 15.5 Å². The highest BCUT2D eigenvalue weighted by molar-refractivity contribution is 6.31. The van der Waals surface area contributed by atoms with E-state index in [2.05, 4.69) is 15.5 Å². The van der Waals surface area contributed by atoms with Crippen LogP contribution in [0.1, 0.15) is 55.8 Å². The van der Waals surface area contributed by atoms with Crippen molar-refractivity contribution in [2.45, 2.75) is 57.1 Å². The van der Waals surface area contributed by atoms with Crippen LogP contribution in [0.25, 0.3) is 0 Å². The topological polar surface area (TPSA) is 95.7 Å². The molecule has 168 valence electrons. The number of nitrogens with zero attached hydrogens (tertiary/aromatic N) is 2. The monoisotopic (exact) mass is 449 g/mol. The van der Waals surface area contributed by atoms with Crippen molar-refractivity contribution in [3.05, 3.63) is 40.5 Å². The first-order valence-corrected chi connectivity index (χ1v) is 11.1. The van der Waals surface area contributed by atoms with Crippen LogP contribution >= 0.6 is 11.6 Å². The van der Waals surface area contributed by atoms with E-state index in [1.54, 1.807) is 19.1 Å². The van der Waals surface area contributed by atoms with E-state index in [1.807, 2.05) is 13.0 Å². The summed E-state index contributed by atoms with van der Waals surface area (Å²) in [6.45, 7) is 6.00. The fourth-order valence-electron chi connectivity index (χ4n) is 3.95. The van der Waals surface area contributed by atoms with E-state index in [1.165, 1.54) is 0 Å². The zero-order valence-corrected chi connectivity index (χ0v) is 18.6. The Morgan fingerprint density at radius 1 is 1.23 bits per heavy atom. The molecule has 1 N–H and O–H groups in total. The third-order valence-corrected chi connectivity index (χ3v) is 6.38. The van der Waals surface area contributed by atoms with Crippen LogP contribution in [0.5, 0.6) is 5.75 Å². The van der Waals surface area contributed by atoms with Crippen molar-refractivity contribution >= 4 is 17.5 Å². The molecule has 0 spiro atoms. The maximum atomic E-state index is 13.0. The minimum atomic E-state index is -0.765. The Morgan fingerprint density at radius 3 is 2.65 bits per heavy atom. The third kappa shape index (κ3) is 5.02. The van der Waals surface area contributed by atoms with Crippen molar-refractivity contribution in [2.24, 2.45) is 0 Å². The van der Waals surface area contributed by atoms with Gasteiger partial charge in [-0.3, -0.25) is 4.79 Å². The van der Waals surface area contributed by atoms with Gasteiger partial charge in [0.2, 0.25) is 0 Å². The Bertz CT molecular complexity index is 906. The molecular weight excluding hydrogens is 422 g/mol. The molecule has 1 unspecified atom stereocenters. The molecule has 0 bridgehead atoms. The van der Waals surface area contributed by atoms with Gasteiger partial charge < -0.3 is 24.1 Å². The summed E-state index contributed by atoms with van der Waals surface area (Å²) < 4.78 is 22.5. The van der Waals surface area contributed by atoms with Gasteiger partial charge in [0.05, 0.1) is 0 Å². The van der Waals surface area contributed by atoms with Crippen LogP contribution in [-0.2, 0) is 19.8 Å². The van der Waals surface area contributed by atoms with Gasteiger partial charge >= 0.3 is 0 Å². The molecule has 1 aromatic carbocycles. The zero-order valence-electron chi connectivity index (χ0n) is 17.9. The van der Waals surface area contributed by atoms with Gasteiger partial charge in [0.15, 0.2) is 11.9 Å². The number of carbonyl (C=O) groups excluding carboxylic acids is 1. The molecule has 4 rings (SSSR count). The van der Waals surface area contributed by atoms with E-state index in [4.69, 9.17) is 30.3 Å². The number of hydrogen-bond donors (Lipinski definition) is 1. The first-order valence-electron chi connectivity index (χ1n) is 10.7. The summed E-state index contributed by atoms with van der Waals surface area (Å²) in [5.74, 6) is 1.67. The molecule has 1 amide bonds. The number of rotatable bonds is 6. The molecule has 2 saturated heterocycles. The molecule has 3 heterocycles. The average Bonchev–Trinajstić information content (AvgIpc) is 3.29. The highest BCUT2D eigenvalue weighted by Crippen LogP contribution is 2.33. The number of halogens is 1. The number of benzene rings is 1. The number of ether oxygens (including phenoxy) is 3. The lowest BCUT2D eigenvalue weighted by Crippen LogP contribution is -2.53. The maximum Gasteiger partial charge on any atom is 0.261 e. The summed E-state index contributed by atoms with van der Waals surface area (Å²) in [6.07, 6.45) is 2.14. The Balaban J connectivity index is 1.49. The van der Waals surface area contributed by atoms with Crippen molar-refractivity contribution in [3.63, 3.8) is 0 Å². The number of carbonyl (C=O) groups is 1. The molecule has 2 fully saturated rings. The molecular formula is C22H28ClN3O5. The second-order valence-electron chi connectivity index (χ2n) is 8.20. The number of nitrogens with one attached hydrogen (secondary N) is 1. The zero-order chi connectivity index (χ0) is 21.8. The molecule has 2 aliphatic rings. The normalized spacial score (nSPS) is 20.2. The molecule has 2 aromatic rings. The van der Waals surface area contributed by atoms with Gasteiger partial charge in [0.1, 0.15) is 11.3 Å². The van der Waals surface area contributed by atoms with Crippen LogP contribution in [0, 0.1) is 6.92 Å². The van der Waals surface area contributed by atoms with Gasteiger partial charge in [0, 0.05) is 50.2 Å². The van der Waals surface area contributed by atoms with Gasteiger partial charge in [-0.2, -0.15) is 4.98 Å². The van der Waals surface area contributed by atoms with Gasteiger partial charge in [-0.05, 0) is 50.5 Å². The molecule has 0 radical (unpaired) electrons. The maximum absolute atomic E-state index is 13.0. The quantitative estimate of drug-likeness (QED) is 0.720.